The highest BCUT2D eigenvalue weighted by Gasteiger charge is 2.27. The van der Waals surface area contributed by atoms with E-state index in [1.165, 1.54) is 6.08 Å². The van der Waals surface area contributed by atoms with Crippen LogP contribution in [0.25, 0.3) is 6.08 Å². The molecule has 0 aliphatic rings. The van der Waals surface area contributed by atoms with Crippen molar-refractivity contribution in [1.82, 2.24) is 0 Å². The van der Waals surface area contributed by atoms with Crippen LogP contribution >= 0.6 is 0 Å². The molecule has 24 heavy (non-hydrogen) atoms. The minimum Gasteiger partial charge on any atom is -0.463 e. The summed E-state index contributed by atoms with van der Waals surface area (Å²) < 4.78 is 44.7. The third-order valence-electron chi connectivity index (χ3n) is 2.63. The molecular formula is C16H18F3NO4. The molecule has 8 heteroatoms. The van der Waals surface area contributed by atoms with Crippen molar-refractivity contribution >= 4 is 23.6 Å². The summed E-state index contributed by atoms with van der Waals surface area (Å²) in [5.74, 6) is -0.902. The Morgan fingerprint density at radius 2 is 1.88 bits per heavy atom. The zero-order chi connectivity index (χ0) is 18.0. The standard InChI is InChI=1S/C16H18F3NO4/c1-2-24-15(22)8-5-12-3-6-13(7-4-12)20-14(21)9-10-23-11-16(17,18)19/h3-8H,2,9-11H2,1H3,(H,20,21). The Kier molecular flexibility index (Phi) is 7.97. The average Bonchev–Trinajstić information content (AvgIpc) is 2.50. The summed E-state index contributed by atoms with van der Waals surface area (Å²) in [5.41, 5.74) is 1.22. The maximum atomic E-state index is 11.9. The van der Waals surface area contributed by atoms with E-state index in [1.54, 1.807) is 37.3 Å². The first-order valence-electron chi connectivity index (χ1n) is 7.19. The van der Waals surface area contributed by atoms with Gasteiger partial charge in [0, 0.05) is 11.8 Å². The Hall–Kier alpha value is -2.35. The van der Waals surface area contributed by atoms with Crippen LogP contribution in [0.1, 0.15) is 18.9 Å². The van der Waals surface area contributed by atoms with Crippen molar-refractivity contribution in [2.24, 2.45) is 0 Å². The van der Waals surface area contributed by atoms with E-state index in [0.717, 1.165) is 5.56 Å². The molecule has 0 saturated carbocycles. The minimum absolute atomic E-state index is 0.180. The number of benzene rings is 1. The Morgan fingerprint density at radius 3 is 2.46 bits per heavy atom. The van der Waals surface area contributed by atoms with Crippen molar-refractivity contribution in [3.05, 3.63) is 35.9 Å². The van der Waals surface area contributed by atoms with Gasteiger partial charge >= 0.3 is 12.1 Å². The van der Waals surface area contributed by atoms with Gasteiger partial charge in [-0.3, -0.25) is 4.79 Å². The molecule has 0 atom stereocenters. The smallest absolute Gasteiger partial charge is 0.411 e. The molecule has 0 aliphatic carbocycles. The maximum absolute atomic E-state index is 11.9. The second-order valence-electron chi connectivity index (χ2n) is 4.67. The fourth-order valence-corrected chi connectivity index (χ4v) is 1.61. The Balaban J connectivity index is 2.38. The summed E-state index contributed by atoms with van der Waals surface area (Å²) in [6.45, 7) is 0.311. The van der Waals surface area contributed by atoms with Crippen molar-refractivity contribution in [2.75, 3.05) is 25.1 Å². The van der Waals surface area contributed by atoms with Crippen molar-refractivity contribution in [3.63, 3.8) is 0 Å². The predicted molar refractivity (Wildman–Crippen MR) is 82.2 cm³/mol. The van der Waals surface area contributed by atoms with Crippen LogP contribution in [0.15, 0.2) is 30.3 Å². The lowest BCUT2D eigenvalue weighted by molar-refractivity contribution is -0.174. The van der Waals surface area contributed by atoms with Crippen LogP contribution < -0.4 is 5.32 Å². The number of hydrogen-bond donors (Lipinski definition) is 1. The van der Waals surface area contributed by atoms with Crippen molar-refractivity contribution in [3.8, 4) is 0 Å². The lowest BCUT2D eigenvalue weighted by Crippen LogP contribution is -2.20. The Morgan fingerprint density at radius 1 is 1.21 bits per heavy atom. The van der Waals surface area contributed by atoms with E-state index >= 15 is 0 Å². The molecule has 0 saturated heterocycles. The third kappa shape index (κ3) is 8.94. The van der Waals surface area contributed by atoms with Gasteiger partial charge in [-0.1, -0.05) is 12.1 Å². The SMILES string of the molecule is CCOC(=O)C=Cc1ccc(NC(=O)CCOCC(F)(F)F)cc1. The lowest BCUT2D eigenvalue weighted by Gasteiger charge is -2.08. The van der Waals surface area contributed by atoms with Crippen LogP contribution in [0.3, 0.4) is 0 Å². The normalized spacial score (nSPS) is 11.5. The number of carbonyl (C=O) groups is 2. The van der Waals surface area contributed by atoms with Crippen LogP contribution in [0.5, 0.6) is 0 Å². The monoisotopic (exact) mass is 345 g/mol. The lowest BCUT2D eigenvalue weighted by atomic mass is 10.2. The number of ether oxygens (including phenoxy) is 2. The first-order chi connectivity index (χ1) is 11.3. The average molecular weight is 345 g/mol. The molecule has 0 spiro atoms. The highest BCUT2D eigenvalue weighted by Crippen LogP contribution is 2.15. The molecule has 1 amide bonds. The number of alkyl halides is 3. The van der Waals surface area contributed by atoms with Crippen LogP contribution in [0, 0.1) is 0 Å². The molecule has 0 heterocycles. The molecule has 1 rings (SSSR count). The van der Waals surface area contributed by atoms with Gasteiger partial charge in [0.15, 0.2) is 0 Å². The van der Waals surface area contributed by atoms with E-state index < -0.39 is 24.7 Å². The number of hydrogen-bond acceptors (Lipinski definition) is 4. The van der Waals surface area contributed by atoms with E-state index in [-0.39, 0.29) is 13.0 Å². The first-order valence-corrected chi connectivity index (χ1v) is 7.19. The minimum atomic E-state index is -4.40. The van der Waals surface area contributed by atoms with E-state index in [9.17, 15) is 22.8 Å². The van der Waals surface area contributed by atoms with Gasteiger partial charge in [0.25, 0.3) is 0 Å². The van der Waals surface area contributed by atoms with Crippen molar-refractivity contribution in [2.45, 2.75) is 19.5 Å². The van der Waals surface area contributed by atoms with Crippen LogP contribution in [0.4, 0.5) is 18.9 Å². The molecule has 1 aromatic carbocycles. The summed E-state index contributed by atoms with van der Waals surface area (Å²) in [6.07, 6.45) is -1.73. The molecule has 132 valence electrons. The van der Waals surface area contributed by atoms with Crippen LogP contribution in [0.2, 0.25) is 0 Å². The molecule has 0 aromatic heterocycles. The summed E-state index contributed by atoms with van der Waals surface area (Å²) in [6, 6.07) is 6.57. The molecular weight excluding hydrogens is 327 g/mol. The fourth-order valence-electron chi connectivity index (χ4n) is 1.61. The highest BCUT2D eigenvalue weighted by molar-refractivity contribution is 5.91. The molecule has 0 aliphatic heterocycles. The maximum Gasteiger partial charge on any atom is 0.411 e. The van der Waals surface area contributed by atoms with Gasteiger partial charge < -0.3 is 14.8 Å². The largest absolute Gasteiger partial charge is 0.463 e. The van der Waals surface area contributed by atoms with Gasteiger partial charge in [-0.2, -0.15) is 13.2 Å². The highest BCUT2D eigenvalue weighted by atomic mass is 19.4. The number of anilines is 1. The van der Waals surface area contributed by atoms with Gasteiger partial charge in [-0.05, 0) is 30.7 Å². The Labute approximate surface area is 137 Å². The van der Waals surface area contributed by atoms with E-state index in [0.29, 0.717) is 12.3 Å². The van der Waals surface area contributed by atoms with E-state index in [4.69, 9.17) is 4.74 Å². The molecule has 1 N–H and O–H groups in total. The number of carbonyl (C=O) groups excluding carboxylic acids is 2. The first kappa shape index (κ1) is 19.7. The zero-order valence-electron chi connectivity index (χ0n) is 13.1. The van der Waals surface area contributed by atoms with Crippen molar-refractivity contribution < 1.29 is 32.2 Å². The predicted octanol–water partition coefficient (Wildman–Crippen LogP) is 3.17. The van der Waals surface area contributed by atoms with E-state index in [2.05, 4.69) is 10.1 Å². The van der Waals surface area contributed by atoms with Crippen LogP contribution in [-0.2, 0) is 19.1 Å². The van der Waals surface area contributed by atoms with Gasteiger partial charge in [-0.15, -0.1) is 0 Å². The van der Waals surface area contributed by atoms with Gasteiger partial charge in [0.1, 0.15) is 6.61 Å². The van der Waals surface area contributed by atoms with E-state index in [1.807, 2.05) is 0 Å². The number of halogens is 3. The van der Waals surface area contributed by atoms with Gasteiger partial charge in [0.05, 0.1) is 19.6 Å². The second kappa shape index (κ2) is 9.71. The fraction of sp³-hybridized carbons (Fsp3) is 0.375. The van der Waals surface area contributed by atoms with Crippen LogP contribution in [-0.4, -0.2) is 37.9 Å². The van der Waals surface area contributed by atoms with Crippen molar-refractivity contribution in [1.29, 1.82) is 0 Å². The third-order valence-corrected chi connectivity index (χ3v) is 2.63. The zero-order valence-corrected chi connectivity index (χ0v) is 13.1. The number of nitrogens with one attached hydrogen (secondary N) is 1. The topological polar surface area (TPSA) is 64.6 Å². The van der Waals surface area contributed by atoms with Gasteiger partial charge in [-0.25, -0.2) is 4.79 Å². The molecule has 0 unspecified atom stereocenters. The molecule has 0 fully saturated rings. The molecule has 0 radical (unpaired) electrons. The molecule has 1 aromatic rings. The number of amides is 1. The Bertz CT molecular complexity index is 568. The summed E-state index contributed by atoms with van der Waals surface area (Å²) in [4.78, 5) is 22.7. The quantitative estimate of drug-likeness (QED) is 0.446. The molecule has 0 bridgehead atoms. The molecule has 5 nitrogen and oxygen atoms in total. The summed E-state index contributed by atoms with van der Waals surface area (Å²) in [7, 11) is 0. The number of esters is 1. The van der Waals surface area contributed by atoms with Gasteiger partial charge in [0.2, 0.25) is 5.91 Å². The number of rotatable bonds is 8. The second-order valence-corrected chi connectivity index (χ2v) is 4.67. The summed E-state index contributed by atoms with van der Waals surface area (Å²) >= 11 is 0. The summed E-state index contributed by atoms with van der Waals surface area (Å²) in [5, 5.41) is 2.54.